The van der Waals surface area contributed by atoms with Crippen LogP contribution < -0.4 is 18.9 Å². The fraction of sp³-hybridized carbons (Fsp3) is 0.520. The first-order valence-electron chi connectivity index (χ1n) is 20.6. The molecule has 0 aliphatic heterocycles. The predicted octanol–water partition coefficient (Wildman–Crippen LogP) is 12.9. The molecule has 0 saturated heterocycles. The van der Waals surface area contributed by atoms with Gasteiger partial charge in [-0.2, -0.15) is 0 Å². The van der Waals surface area contributed by atoms with Crippen LogP contribution in [0.25, 0.3) is 0 Å². The molecule has 0 spiro atoms. The van der Waals surface area contributed by atoms with E-state index in [1.807, 2.05) is 12.1 Å². The molecule has 0 N–H and O–H groups in total. The lowest BCUT2D eigenvalue weighted by molar-refractivity contribution is 0.216. The predicted molar refractivity (Wildman–Crippen MR) is 240 cm³/mol. The summed E-state index contributed by atoms with van der Waals surface area (Å²) in [4.78, 5) is 5.10. The van der Waals surface area contributed by atoms with Gasteiger partial charge in [-0.3, -0.25) is 9.80 Å². The summed E-state index contributed by atoms with van der Waals surface area (Å²) in [5.41, 5.74) is 11.0. The molecule has 0 aliphatic rings. The maximum Gasteiger partial charge on any atom is 0.161 e. The van der Waals surface area contributed by atoms with Gasteiger partial charge in [0, 0.05) is 39.3 Å². The van der Waals surface area contributed by atoms with Crippen LogP contribution in [-0.2, 0) is 13.1 Å². The van der Waals surface area contributed by atoms with Gasteiger partial charge in [-0.1, -0.05) is 82.0 Å². The summed E-state index contributed by atoms with van der Waals surface area (Å²) in [7, 11) is 6.78. The van der Waals surface area contributed by atoms with E-state index in [1.54, 1.807) is 28.4 Å². The van der Waals surface area contributed by atoms with Crippen molar-refractivity contribution in [3.05, 3.63) is 117 Å². The molecule has 0 aliphatic carbocycles. The summed E-state index contributed by atoms with van der Waals surface area (Å²) in [6.45, 7) is 23.0. The van der Waals surface area contributed by atoms with Gasteiger partial charge in [0.2, 0.25) is 0 Å². The minimum Gasteiger partial charge on any atom is -0.493 e. The van der Waals surface area contributed by atoms with Gasteiger partial charge < -0.3 is 18.9 Å². The van der Waals surface area contributed by atoms with E-state index in [2.05, 4.69) is 126 Å². The highest BCUT2D eigenvalue weighted by Gasteiger charge is 2.14. The molecule has 0 amide bonds. The van der Waals surface area contributed by atoms with Crippen LogP contribution in [0.4, 0.5) is 0 Å². The lowest BCUT2D eigenvalue weighted by Crippen LogP contribution is -2.35. The molecule has 2 aromatic carbocycles. The average molecular weight is 769 g/mol. The molecule has 310 valence electrons. The number of hydrogen-bond donors (Lipinski definition) is 0. The Morgan fingerprint density at radius 1 is 0.429 bits per heavy atom. The molecule has 2 rings (SSSR count). The number of nitrogens with zero attached hydrogens (tertiary/aromatic N) is 2. The molecule has 0 radical (unpaired) electrons. The van der Waals surface area contributed by atoms with Crippen LogP contribution >= 0.6 is 0 Å². The summed E-state index contributed by atoms with van der Waals surface area (Å²) < 4.78 is 22.4. The highest BCUT2D eigenvalue weighted by molar-refractivity contribution is 5.43. The molecular formula is C50H76N2O4. The molecule has 0 unspecified atom stereocenters. The number of benzene rings is 2. The zero-order chi connectivity index (χ0) is 41.3. The minimum atomic E-state index is 0.750. The fourth-order valence-corrected chi connectivity index (χ4v) is 6.47. The van der Waals surface area contributed by atoms with E-state index in [-0.39, 0.29) is 0 Å². The smallest absolute Gasteiger partial charge is 0.161 e. The number of methoxy groups -OCH3 is 4. The first-order valence-corrected chi connectivity index (χ1v) is 20.6. The van der Waals surface area contributed by atoms with Crippen LogP contribution in [0, 0.1) is 0 Å². The monoisotopic (exact) mass is 769 g/mol. The van der Waals surface area contributed by atoms with Crippen LogP contribution in [0.15, 0.2) is 106 Å². The second kappa shape index (κ2) is 27.6. The Morgan fingerprint density at radius 3 is 1.07 bits per heavy atom. The van der Waals surface area contributed by atoms with Crippen molar-refractivity contribution in [2.24, 2.45) is 0 Å². The standard InChI is InChI=1S/C50H76N2O4/c1-39(2)17-13-19-41(5)21-15-23-43(7)29-31-51(37-45-25-27-47(53-9)49(35-45)55-11)33-34-52(38-46-26-28-48(54-10)50(36-46)56-12)32-30-44(8)24-16-22-42(6)20-14-18-40(3)4/h17-18,21-22,25-30,35-36H,13-16,19-20,23-24,31-34,37-38H2,1-12H3/b41-21+,42-22+,43-29+,44-30+. The normalized spacial score (nSPS) is 12.6. The number of hydrogen-bond acceptors (Lipinski definition) is 6. The SMILES string of the molecule is COc1ccc(CN(C/C=C(\C)CC/C=C(\C)CCC=C(C)C)CCN(C/C=C(\C)CC/C=C(\C)CCC=C(C)C)Cc2ccc(OC)c(OC)c2)cc1OC. The average Bonchev–Trinajstić information content (AvgIpc) is 3.17. The van der Waals surface area contributed by atoms with E-state index in [1.165, 1.54) is 44.6 Å². The highest BCUT2D eigenvalue weighted by atomic mass is 16.5. The Morgan fingerprint density at radius 2 is 0.750 bits per heavy atom. The fourth-order valence-electron chi connectivity index (χ4n) is 6.47. The van der Waals surface area contributed by atoms with Crippen molar-refractivity contribution in [1.29, 1.82) is 0 Å². The summed E-state index contributed by atoms with van der Waals surface area (Å²) in [6, 6.07) is 12.5. The zero-order valence-electron chi connectivity index (χ0n) is 37.4. The highest BCUT2D eigenvalue weighted by Crippen LogP contribution is 2.29. The summed E-state index contributed by atoms with van der Waals surface area (Å²) in [5.74, 6) is 3.02. The number of ether oxygens (including phenoxy) is 4. The van der Waals surface area contributed by atoms with Crippen molar-refractivity contribution in [3.8, 4) is 23.0 Å². The first kappa shape index (κ1) is 48.1. The second-order valence-corrected chi connectivity index (χ2v) is 15.8. The van der Waals surface area contributed by atoms with Crippen LogP contribution in [0.2, 0.25) is 0 Å². The van der Waals surface area contributed by atoms with E-state index in [0.717, 1.165) is 114 Å². The van der Waals surface area contributed by atoms with Crippen LogP contribution in [0.3, 0.4) is 0 Å². The first-order chi connectivity index (χ1) is 26.9. The summed E-state index contributed by atoms with van der Waals surface area (Å²) in [6.07, 6.45) is 23.2. The molecule has 0 fully saturated rings. The lowest BCUT2D eigenvalue weighted by atomic mass is 10.1. The zero-order valence-corrected chi connectivity index (χ0v) is 37.4. The van der Waals surface area contributed by atoms with Crippen molar-refractivity contribution in [2.75, 3.05) is 54.6 Å². The molecule has 0 aromatic heterocycles. The molecule has 56 heavy (non-hydrogen) atoms. The van der Waals surface area contributed by atoms with Crippen LogP contribution in [0.1, 0.15) is 118 Å². The Bertz CT molecular complexity index is 1510. The van der Waals surface area contributed by atoms with Crippen molar-refractivity contribution < 1.29 is 18.9 Å². The second-order valence-electron chi connectivity index (χ2n) is 15.8. The third-order valence-electron chi connectivity index (χ3n) is 10.1. The lowest BCUT2D eigenvalue weighted by Gasteiger charge is -2.27. The maximum absolute atomic E-state index is 5.67. The summed E-state index contributed by atoms with van der Waals surface area (Å²) >= 11 is 0. The van der Waals surface area contributed by atoms with E-state index < -0.39 is 0 Å². The van der Waals surface area contributed by atoms with Crippen molar-refractivity contribution in [2.45, 2.75) is 120 Å². The number of allylic oxidation sites excluding steroid dienone is 10. The van der Waals surface area contributed by atoms with E-state index in [9.17, 15) is 0 Å². The van der Waals surface area contributed by atoms with E-state index in [4.69, 9.17) is 18.9 Å². The molecule has 6 heteroatoms. The van der Waals surface area contributed by atoms with Gasteiger partial charge in [0.15, 0.2) is 23.0 Å². The van der Waals surface area contributed by atoms with Crippen LogP contribution in [-0.4, -0.2) is 64.4 Å². The molecule has 0 saturated carbocycles. The van der Waals surface area contributed by atoms with E-state index >= 15 is 0 Å². The molecule has 0 atom stereocenters. The van der Waals surface area contributed by atoms with Gasteiger partial charge in [-0.05, 0) is 142 Å². The Labute approximate surface area is 342 Å². The largest absolute Gasteiger partial charge is 0.493 e. The van der Waals surface area contributed by atoms with Gasteiger partial charge in [0.05, 0.1) is 28.4 Å². The Balaban J connectivity index is 2.27. The Hall–Kier alpha value is -4.00. The molecule has 0 bridgehead atoms. The van der Waals surface area contributed by atoms with Crippen molar-refractivity contribution in [3.63, 3.8) is 0 Å². The topological polar surface area (TPSA) is 43.4 Å². The quantitative estimate of drug-likeness (QED) is 0.0843. The maximum atomic E-state index is 5.67. The van der Waals surface area contributed by atoms with Gasteiger partial charge in [0.1, 0.15) is 0 Å². The van der Waals surface area contributed by atoms with Crippen LogP contribution in [0.5, 0.6) is 23.0 Å². The molecule has 0 heterocycles. The third-order valence-corrected chi connectivity index (χ3v) is 10.1. The molecule has 2 aromatic rings. The Kier molecular flexibility index (Phi) is 23.7. The number of rotatable bonds is 27. The van der Waals surface area contributed by atoms with Crippen molar-refractivity contribution >= 4 is 0 Å². The summed E-state index contributed by atoms with van der Waals surface area (Å²) in [5, 5.41) is 0. The van der Waals surface area contributed by atoms with Crippen molar-refractivity contribution in [1.82, 2.24) is 9.80 Å². The van der Waals surface area contributed by atoms with E-state index in [0.29, 0.717) is 0 Å². The third kappa shape index (κ3) is 20.2. The van der Waals surface area contributed by atoms with Gasteiger partial charge in [-0.15, -0.1) is 0 Å². The van der Waals surface area contributed by atoms with Gasteiger partial charge >= 0.3 is 0 Å². The molecule has 6 nitrogen and oxygen atoms in total. The molecular weight excluding hydrogens is 693 g/mol. The van der Waals surface area contributed by atoms with Gasteiger partial charge in [0.25, 0.3) is 0 Å². The van der Waals surface area contributed by atoms with Gasteiger partial charge in [-0.25, -0.2) is 0 Å². The minimum absolute atomic E-state index is 0.750.